The average Bonchev–Trinajstić information content (AvgIpc) is 2.68. The number of nitrogen functional groups attached to an aromatic ring is 1. The van der Waals surface area contributed by atoms with Gasteiger partial charge < -0.3 is 27.5 Å². The van der Waals surface area contributed by atoms with E-state index in [1.165, 1.54) is 0 Å². The van der Waals surface area contributed by atoms with E-state index >= 15 is 0 Å². The summed E-state index contributed by atoms with van der Waals surface area (Å²) >= 11 is 0. The Morgan fingerprint density at radius 3 is 2.33 bits per heavy atom. The maximum Gasteiger partial charge on any atom is 0.175 e. The van der Waals surface area contributed by atoms with Gasteiger partial charge in [-0.3, -0.25) is 0 Å². The lowest BCUT2D eigenvalue weighted by Crippen LogP contribution is -3.00. The number of rotatable bonds is 1. The topological polar surface area (TPSA) is 46.6 Å². The zero-order valence-corrected chi connectivity index (χ0v) is 14.6. The maximum absolute atomic E-state index is 6.21. The van der Waals surface area contributed by atoms with E-state index in [-0.39, 0.29) is 37.2 Å². The number of quaternary nitrogens is 1. The molecule has 8 heteroatoms. The fourth-order valence-corrected chi connectivity index (χ4v) is 2.46. The molecule has 0 unspecified atom stereocenters. The minimum Gasteiger partial charge on any atom is -1.00 e. The summed E-state index contributed by atoms with van der Waals surface area (Å²) in [7, 11) is 4.54. The van der Waals surface area contributed by atoms with Gasteiger partial charge in [0.25, 0.3) is 0 Å². The Balaban J connectivity index is 0.00000133. The molecule has 1 aliphatic rings. The van der Waals surface area contributed by atoms with Crippen LogP contribution < -0.4 is 23.0 Å². The first-order valence-electron chi connectivity index (χ1n) is 6.37. The Labute approximate surface area is 143 Å². The molecule has 0 spiro atoms. The molecular weight excluding hydrogens is 333 g/mol. The number of halogens is 3. The molecule has 2 aromatic heterocycles. The highest BCUT2D eigenvalue weighted by atomic mass is 35.5. The zero-order chi connectivity index (χ0) is 12.8. The molecular formula is C13H22Cl3N5. The second kappa shape index (κ2) is 7.40. The standard InChI is InChI=1S/C13H20N5.3ClH/c1-18(2)9-7-16(8-10-18)13-12(14)11-5-3-4-6-17(11)15-13;;;/h3-6H,7-10,14H2,1-2H3;3*1H/q+1;;;/p-1. The van der Waals surface area contributed by atoms with Crippen molar-refractivity contribution in [2.45, 2.75) is 0 Å². The van der Waals surface area contributed by atoms with Crippen LogP contribution in [0.4, 0.5) is 11.5 Å². The van der Waals surface area contributed by atoms with Crippen LogP contribution in [-0.4, -0.2) is 54.4 Å². The van der Waals surface area contributed by atoms with Crippen molar-refractivity contribution >= 4 is 41.8 Å². The molecule has 0 radical (unpaired) electrons. The van der Waals surface area contributed by atoms with Gasteiger partial charge in [0.15, 0.2) is 5.82 Å². The molecule has 0 atom stereocenters. The van der Waals surface area contributed by atoms with Crippen molar-refractivity contribution in [2.75, 3.05) is 50.9 Å². The first-order valence-corrected chi connectivity index (χ1v) is 6.37. The third-order valence-corrected chi connectivity index (χ3v) is 3.81. The van der Waals surface area contributed by atoms with Gasteiger partial charge in [0, 0.05) is 6.20 Å². The van der Waals surface area contributed by atoms with Crippen LogP contribution in [0.15, 0.2) is 24.4 Å². The van der Waals surface area contributed by atoms with Gasteiger partial charge in [0.2, 0.25) is 0 Å². The van der Waals surface area contributed by atoms with Crippen molar-refractivity contribution in [3.05, 3.63) is 24.4 Å². The van der Waals surface area contributed by atoms with Crippen LogP contribution in [0.3, 0.4) is 0 Å². The molecule has 1 aliphatic heterocycles. The van der Waals surface area contributed by atoms with Crippen LogP contribution in [0, 0.1) is 0 Å². The summed E-state index contributed by atoms with van der Waals surface area (Å²) in [4.78, 5) is 2.30. The number of likely N-dealkylation sites (N-methyl/N-ethyl adjacent to an activating group) is 1. The number of fused-ring (bicyclic) bond motifs is 1. The van der Waals surface area contributed by atoms with Gasteiger partial charge in [-0.25, -0.2) is 4.52 Å². The number of nitrogens with zero attached hydrogens (tertiary/aromatic N) is 4. The predicted molar refractivity (Wildman–Crippen MR) is 88.2 cm³/mol. The van der Waals surface area contributed by atoms with Gasteiger partial charge in [0.1, 0.15) is 5.69 Å². The first-order chi connectivity index (χ1) is 8.57. The number of piperazine rings is 1. The molecule has 3 heterocycles. The molecule has 2 aromatic rings. The quantitative estimate of drug-likeness (QED) is 0.645. The SMILES string of the molecule is C[N+]1(C)CCN(c2nn3ccccc3c2N)CC1.Cl.Cl.[Cl-]. The Bertz CT molecular complexity index is 574. The number of aromatic nitrogens is 2. The van der Waals surface area contributed by atoms with Gasteiger partial charge in [-0.2, -0.15) is 0 Å². The lowest BCUT2D eigenvalue weighted by molar-refractivity contribution is -0.890. The van der Waals surface area contributed by atoms with Gasteiger partial charge in [0.05, 0.1) is 45.8 Å². The third kappa shape index (κ3) is 3.86. The summed E-state index contributed by atoms with van der Waals surface area (Å²) < 4.78 is 2.93. The lowest BCUT2D eigenvalue weighted by Gasteiger charge is -2.39. The molecule has 3 rings (SSSR count). The fraction of sp³-hybridized carbons (Fsp3) is 0.462. The molecule has 2 N–H and O–H groups in total. The number of hydrogen-bond donors (Lipinski definition) is 1. The zero-order valence-electron chi connectivity index (χ0n) is 12.2. The van der Waals surface area contributed by atoms with Gasteiger partial charge in [-0.15, -0.1) is 29.9 Å². The summed E-state index contributed by atoms with van der Waals surface area (Å²) in [5, 5.41) is 4.59. The van der Waals surface area contributed by atoms with E-state index in [1.54, 1.807) is 0 Å². The highest BCUT2D eigenvalue weighted by molar-refractivity contribution is 5.85. The first kappa shape index (κ1) is 20.1. The monoisotopic (exact) mass is 353 g/mol. The molecule has 5 nitrogen and oxygen atoms in total. The van der Waals surface area contributed by atoms with E-state index in [0.717, 1.165) is 47.7 Å². The number of pyridine rings is 1. The average molecular weight is 355 g/mol. The molecule has 0 aliphatic carbocycles. The highest BCUT2D eigenvalue weighted by Gasteiger charge is 2.27. The second-order valence-electron chi connectivity index (χ2n) is 5.64. The number of anilines is 2. The van der Waals surface area contributed by atoms with Crippen molar-refractivity contribution in [3.8, 4) is 0 Å². The van der Waals surface area contributed by atoms with Crippen molar-refractivity contribution in [1.29, 1.82) is 0 Å². The van der Waals surface area contributed by atoms with Crippen molar-refractivity contribution in [1.82, 2.24) is 9.61 Å². The molecule has 0 aromatic carbocycles. The van der Waals surface area contributed by atoms with Crippen LogP contribution in [0.2, 0.25) is 0 Å². The smallest absolute Gasteiger partial charge is 0.175 e. The molecule has 0 amide bonds. The third-order valence-electron chi connectivity index (χ3n) is 3.81. The Morgan fingerprint density at radius 1 is 1.14 bits per heavy atom. The summed E-state index contributed by atoms with van der Waals surface area (Å²) in [5.41, 5.74) is 7.99. The number of nitrogens with two attached hydrogens (primary N) is 1. The van der Waals surface area contributed by atoms with Crippen LogP contribution >= 0.6 is 24.8 Å². The summed E-state index contributed by atoms with van der Waals surface area (Å²) in [5.74, 6) is 0.931. The molecule has 21 heavy (non-hydrogen) atoms. The predicted octanol–water partition coefficient (Wildman–Crippen LogP) is -1.34. The van der Waals surface area contributed by atoms with E-state index in [2.05, 4.69) is 24.1 Å². The normalized spacial score (nSPS) is 16.6. The number of hydrogen-bond acceptors (Lipinski definition) is 3. The van der Waals surface area contributed by atoms with E-state index < -0.39 is 0 Å². The van der Waals surface area contributed by atoms with Gasteiger partial charge in [-0.1, -0.05) is 6.07 Å². The Morgan fingerprint density at radius 2 is 1.76 bits per heavy atom. The summed E-state index contributed by atoms with van der Waals surface area (Å²) in [6.45, 7) is 4.29. The fourth-order valence-electron chi connectivity index (χ4n) is 2.46. The van der Waals surface area contributed by atoms with E-state index in [0.29, 0.717) is 0 Å². The van der Waals surface area contributed by atoms with Crippen molar-refractivity contribution < 1.29 is 16.9 Å². The van der Waals surface area contributed by atoms with E-state index in [1.807, 2.05) is 28.9 Å². The molecule has 1 fully saturated rings. The Hall–Kier alpha value is -0.880. The van der Waals surface area contributed by atoms with E-state index in [4.69, 9.17) is 5.73 Å². The lowest BCUT2D eigenvalue weighted by atomic mass is 10.2. The molecule has 0 bridgehead atoms. The van der Waals surface area contributed by atoms with Crippen LogP contribution in [0.5, 0.6) is 0 Å². The van der Waals surface area contributed by atoms with Gasteiger partial charge >= 0.3 is 0 Å². The highest BCUT2D eigenvalue weighted by Crippen LogP contribution is 2.27. The van der Waals surface area contributed by atoms with Crippen LogP contribution in [-0.2, 0) is 0 Å². The summed E-state index contributed by atoms with van der Waals surface area (Å²) in [6.07, 6.45) is 1.94. The summed E-state index contributed by atoms with van der Waals surface area (Å²) in [6, 6.07) is 5.97. The second-order valence-corrected chi connectivity index (χ2v) is 5.64. The largest absolute Gasteiger partial charge is 1.00 e. The minimum atomic E-state index is 0. The Kier molecular flexibility index (Phi) is 7.09. The minimum absolute atomic E-state index is 0. The van der Waals surface area contributed by atoms with Crippen molar-refractivity contribution in [3.63, 3.8) is 0 Å². The van der Waals surface area contributed by atoms with Gasteiger partial charge in [-0.05, 0) is 12.1 Å². The molecule has 0 saturated carbocycles. The maximum atomic E-state index is 6.21. The van der Waals surface area contributed by atoms with Crippen LogP contribution in [0.1, 0.15) is 0 Å². The van der Waals surface area contributed by atoms with Crippen molar-refractivity contribution in [2.24, 2.45) is 0 Å². The van der Waals surface area contributed by atoms with Crippen LogP contribution in [0.25, 0.3) is 5.52 Å². The van der Waals surface area contributed by atoms with E-state index in [9.17, 15) is 0 Å². The molecule has 1 saturated heterocycles. The molecule has 120 valence electrons.